The molecule has 16 heavy (non-hydrogen) atoms. The molecule has 6 nitrogen and oxygen atoms in total. The van der Waals surface area contributed by atoms with Crippen molar-refractivity contribution in [2.45, 2.75) is 6.42 Å². The second-order valence-electron chi connectivity index (χ2n) is 3.93. The first-order valence-corrected chi connectivity index (χ1v) is 5.28. The van der Waals surface area contributed by atoms with Crippen molar-refractivity contribution in [1.82, 2.24) is 9.97 Å². The van der Waals surface area contributed by atoms with E-state index in [0.717, 1.165) is 19.5 Å². The van der Waals surface area contributed by atoms with Gasteiger partial charge in [0.05, 0.1) is 0 Å². The van der Waals surface area contributed by atoms with Crippen LogP contribution in [0.25, 0.3) is 0 Å². The summed E-state index contributed by atoms with van der Waals surface area (Å²) in [6.45, 7) is 2.32. The van der Waals surface area contributed by atoms with Crippen LogP contribution < -0.4 is 16.4 Å². The Balaban J connectivity index is 2.24. The Bertz CT molecular complexity index is 395. The van der Waals surface area contributed by atoms with Crippen LogP contribution in [0.2, 0.25) is 0 Å². The Morgan fingerprint density at radius 3 is 2.88 bits per heavy atom. The Hall–Kier alpha value is -1.69. The Morgan fingerprint density at radius 2 is 2.25 bits per heavy atom. The Morgan fingerprint density at radius 1 is 1.50 bits per heavy atom. The predicted molar refractivity (Wildman–Crippen MR) is 59.9 cm³/mol. The van der Waals surface area contributed by atoms with E-state index in [0.29, 0.717) is 18.3 Å². The van der Waals surface area contributed by atoms with E-state index in [4.69, 9.17) is 11.5 Å². The van der Waals surface area contributed by atoms with Gasteiger partial charge in [-0.15, -0.1) is 0 Å². The highest BCUT2D eigenvalue weighted by molar-refractivity contribution is 5.95. The number of anilines is 1. The van der Waals surface area contributed by atoms with Gasteiger partial charge in [-0.25, -0.2) is 9.97 Å². The molecule has 1 amide bonds. The van der Waals surface area contributed by atoms with Crippen molar-refractivity contribution in [2.24, 2.45) is 17.4 Å². The summed E-state index contributed by atoms with van der Waals surface area (Å²) in [4.78, 5) is 21.4. The molecule has 2 rings (SSSR count). The van der Waals surface area contributed by atoms with Gasteiger partial charge < -0.3 is 16.4 Å². The fraction of sp³-hybridized carbons (Fsp3) is 0.500. The molecule has 86 valence electrons. The van der Waals surface area contributed by atoms with Crippen LogP contribution in [0.15, 0.2) is 12.4 Å². The third-order valence-corrected chi connectivity index (χ3v) is 2.83. The Kier molecular flexibility index (Phi) is 3.00. The van der Waals surface area contributed by atoms with Crippen LogP contribution in [0.4, 0.5) is 5.82 Å². The van der Waals surface area contributed by atoms with Crippen molar-refractivity contribution < 1.29 is 4.79 Å². The molecule has 1 aromatic rings. The average Bonchev–Trinajstić information content (AvgIpc) is 2.77. The van der Waals surface area contributed by atoms with Crippen molar-refractivity contribution >= 4 is 11.7 Å². The van der Waals surface area contributed by atoms with Crippen LogP contribution in [-0.4, -0.2) is 35.5 Å². The molecule has 1 aromatic heterocycles. The van der Waals surface area contributed by atoms with Crippen molar-refractivity contribution in [3.05, 3.63) is 18.1 Å². The van der Waals surface area contributed by atoms with Crippen LogP contribution >= 0.6 is 0 Å². The first-order valence-electron chi connectivity index (χ1n) is 5.28. The summed E-state index contributed by atoms with van der Waals surface area (Å²) in [5, 5.41) is 0. The lowest BCUT2D eigenvalue weighted by Crippen LogP contribution is -2.27. The molecule has 1 saturated heterocycles. The minimum Gasteiger partial charge on any atom is -0.364 e. The van der Waals surface area contributed by atoms with E-state index in [-0.39, 0.29) is 5.69 Å². The molecule has 0 aliphatic carbocycles. The summed E-state index contributed by atoms with van der Waals surface area (Å²) in [7, 11) is 0. The molecule has 1 fully saturated rings. The summed E-state index contributed by atoms with van der Waals surface area (Å²) < 4.78 is 0. The third kappa shape index (κ3) is 1.96. The maximum atomic E-state index is 11.2. The largest absolute Gasteiger partial charge is 0.364 e. The second kappa shape index (κ2) is 4.44. The number of hydrogen-bond acceptors (Lipinski definition) is 5. The fourth-order valence-electron chi connectivity index (χ4n) is 1.95. The molecule has 1 aliphatic rings. The summed E-state index contributed by atoms with van der Waals surface area (Å²) in [5.41, 5.74) is 11.1. The zero-order valence-electron chi connectivity index (χ0n) is 8.97. The van der Waals surface area contributed by atoms with Gasteiger partial charge in [0.2, 0.25) is 0 Å². The number of rotatable bonds is 3. The molecule has 1 atom stereocenters. The number of amides is 1. The fourth-order valence-corrected chi connectivity index (χ4v) is 1.95. The molecule has 0 spiro atoms. The highest BCUT2D eigenvalue weighted by atomic mass is 16.1. The van der Waals surface area contributed by atoms with Gasteiger partial charge in [-0.1, -0.05) is 0 Å². The lowest BCUT2D eigenvalue weighted by atomic mass is 10.1. The van der Waals surface area contributed by atoms with Gasteiger partial charge in [0.15, 0.2) is 11.5 Å². The van der Waals surface area contributed by atoms with Gasteiger partial charge in [-0.05, 0) is 18.9 Å². The molecular formula is C10H15N5O. The molecule has 1 unspecified atom stereocenters. The molecule has 1 aliphatic heterocycles. The third-order valence-electron chi connectivity index (χ3n) is 2.83. The standard InChI is InChI=1S/C10H15N5O/c11-5-7-1-4-15(6-7)10-8(9(12)16)13-2-3-14-10/h2-3,7H,1,4-6,11H2,(H2,12,16). The van der Waals surface area contributed by atoms with E-state index < -0.39 is 5.91 Å². The molecule has 4 N–H and O–H groups in total. The summed E-state index contributed by atoms with van der Waals surface area (Å²) >= 11 is 0. The van der Waals surface area contributed by atoms with E-state index in [9.17, 15) is 4.79 Å². The SMILES string of the molecule is NCC1CCN(c2nccnc2C(N)=O)C1. The minimum atomic E-state index is -0.542. The second-order valence-corrected chi connectivity index (χ2v) is 3.93. The highest BCUT2D eigenvalue weighted by Crippen LogP contribution is 2.23. The van der Waals surface area contributed by atoms with Crippen molar-refractivity contribution in [3.8, 4) is 0 Å². The van der Waals surface area contributed by atoms with E-state index in [1.165, 1.54) is 6.20 Å². The quantitative estimate of drug-likeness (QED) is 0.707. The molecule has 0 saturated carbocycles. The zero-order valence-corrected chi connectivity index (χ0v) is 8.97. The Labute approximate surface area is 93.7 Å². The summed E-state index contributed by atoms with van der Waals surface area (Å²) in [5.74, 6) is 0.494. The molecule has 6 heteroatoms. The lowest BCUT2D eigenvalue weighted by molar-refractivity contribution is 0.0996. The zero-order chi connectivity index (χ0) is 11.5. The van der Waals surface area contributed by atoms with Crippen molar-refractivity contribution in [3.63, 3.8) is 0 Å². The molecule has 2 heterocycles. The van der Waals surface area contributed by atoms with Gasteiger partial charge >= 0.3 is 0 Å². The van der Waals surface area contributed by atoms with Gasteiger partial charge in [0.25, 0.3) is 5.91 Å². The number of aromatic nitrogens is 2. The van der Waals surface area contributed by atoms with Crippen LogP contribution in [-0.2, 0) is 0 Å². The van der Waals surface area contributed by atoms with Crippen molar-refractivity contribution in [2.75, 3.05) is 24.5 Å². The van der Waals surface area contributed by atoms with Crippen molar-refractivity contribution in [1.29, 1.82) is 0 Å². The first-order chi connectivity index (χ1) is 7.72. The van der Waals surface area contributed by atoms with Gasteiger partial charge in [-0.2, -0.15) is 0 Å². The topological polar surface area (TPSA) is 98.1 Å². The van der Waals surface area contributed by atoms with Crippen LogP contribution in [0.3, 0.4) is 0 Å². The van der Waals surface area contributed by atoms with E-state index in [2.05, 4.69) is 9.97 Å². The average molecular weight is 221 g/mol. The molecule has 0 aromatic carbocycles. The number of nitrogens with zero attached hydrogens (tertiary/aromatic N) is 3. The van der Waals surface area contributed by atoms with Crippen LogP contribution in [0.5, 0.6) is 0 Å². The monoisotopic (exact) mass is 221 g/mol. The molecular weight excluding hydrogens is 206 g/mol. The van der Waals surface area contributed by atoms with Crippen LogP contribution in [0, 0.1) is 5.92 Å². The number of carbonyl (C=O) groups excluding carboxylic acids is 1. The maximum absolute atomic E-state index is 11.2. The minimum absolute atomic E-state index is 0.236. The first kappa shape index (κ1) is 10.8. The van der Waals surface area contributed by atoms with Gasteiger partial charge in [0, 0.05) is 25.5 Å². The summed E-state index contributed by atoms with van der Waals surface area (Å²) in [6, 6.07) is 0. The normalized spacial score (nSPS) is 20.1. The highest BCUT2D eigenvalue weighted by Gasteiger charge is 2.25. The number of nitrogens with two attached hydrogens (primary N) is 2. The lowest BCUT2D eigenvalue weighted by Gasteiger charge is -2.18. The predicted octanol–water partition coefficient (Wildman–Crippen LogP) is -0.639. The van der Waals surface area contributed by atoms with E-state index in [1.54, 1.807) is 6.20 Å². The van der Waals surface area contributed by atoms with Gasteiger partial charge in [0.1, 0.15) is 0 Å². The number of hydrogen-bond donors (Lipinski definition) is 2. The summed E-state index contributed by atoms with van der Waals surface area (Å²) in [6.07, 6.45) is 4.06. The van der Waals surface area contributed by atoms with Gasteiger partial charge in [-0.3, -0.25) is 4.79 Å². The smallest absolute Gasteiger partial charge is 0.271 e. The van der Waals surface area contributed by atoms with E-state index >= 15 is 0 Å². The number of carbonyl (C=O) groups is 1. The number of primary amides is 1. The maximum Gasteiger partial charge on any atom is 0.271 e. The molecule has 0 radical (unpaired) electrons. The van der Waals surface area contributed by atoms with Crippen LogP contribution in [0.1, 0.15) is 16.9 Å². The molecule has 0 bridgehead atoms. The van der Waals surface area contributed by atoms with E-state index in [1.807, 2.05) is 4.90 Å².